The van der Waals surface area contributed by atoms with E-state index in [2.05, 4.69) is 15.4 Å². The molecule has 0 spiro atoms. The minimum absolute atomic E-state index is 0.796. The average Bonchev–Trinajstić information content (AvgIpc) is 2.54. The normalized spacial score (nSPS) is 19.2. The SMILES string of the molecule is Cn1ncnc1CC1CCNCC1. The maximum Gasteiger partial charge on any atom is 0.138 e. The van der Waals surface area contributed by atoms with E-state index in [9.17, 15) is 0 Å². The summed E-state index contributed by atoms with van der Waals surface area (Å²) in [6, 6.07) is 0. The highest BCUT2D eigenvalue weighted by atomic mass is 15.3. The third-order valence-corrected chi connectivity index (χ3v) is 2.74. The number of nitrogens with one attached hydrogen (secondary N) is 1. The molecule has 0 aromatic carbocycles. The Morgan fingerprint density at radius 1 is 1.54 bits per heavy atom. The highest BCUT2D eigenvalue weighted by Gasteiger charge is 2.15. The van der Waals surface area contributed by atoms with Crippen LogP contribution in [0.15, 0.2) is 6.33 Å². The smallest absolute Gasteiger partial charge is 0.138 e. The minimum atomic E-state index is 0.796. The molecule has 4 nitrogen and oxygen atoms in total. The van der Waals surface area contributed by atoms with Crippen molar-refractivity contribution in [2.24, 2.45) is 13.0 Å². The lowest BCUT2D eigenvalue weighted by atomic mass is 9.94. The van der Waals surface area contributed by atoms with Gasteiger partial charge in [-0.25, -0.2) is 4.98 Å². The van der Waals surface area contributed by atoms with E-state index in [1.165, 1.54) is 12.8 Å². The van der Waals surface area contributed by atoms with Gasteiger partial charge in [0.05, 0.1) is 0 Å². The predicted molar refractivity (Wildman–Crippen MR) is 50.3 cm³/mol. The summed E-state index contributed by atoms with van der Waals surface area (Å²) in [4.78, 5) is 4.24. The van der Waals surface area contributed by atoms with Crippen LogP contribution >= 0.6 is 0 Å². The van der Waals surface area contributed by atoms with E-state index in [1.807, 2.05) is 11.7 Å². The van der Waals surface area contributed by atoms with Gasteiger partial charge >= 0.3 is 0 Å². The molecule has 2 rings (SSSR count). The average molecular weight is 180 g/mol. The number of aryl methyl sites for hydroxylation is 1. The molecule has 2 heterocycles. The van der Waals surface area contributed by atoms with Crippen molar-refractivity contribution < 1.29 is 0 Å². The van der Waals surface area contributed by atoms with Gasteiger partial charge in [0.25, 0.3) is 0 Å². The van der Waals surface area contributed by atoms with Crippen molar-refractivity contribution in [1.29, 1.82) is 0 Å². The molecule has 0 bridgehead atoms. The van der Waals surface area contributed by atoms with E-state index in [0.29, 0.717) is 0 Å². The molecular weight excluding hydrogens is 164 g/mol. The Labute approximate surface area is 78.4 Å². The lowest BCUT2D eigenvalue weighted by molar-refractivity contribution is 0.363. The molecule has 1 aliphatic heterocycles. The second-order valence-corrected chi connectivity index (χ2v) is 3.70. The van der Waals surface area contributed by atoms with E-state index in [-0.39, 0.29) is 0 Å². The number of hydrogen-bond donors (Lipinski definition) is 1. The molecule has 1 aromatic heterocycles. The molecule has 0 radical (unpaired) electrons. The summed E-state index contributed by atoms with van der Waals surface area (Å²) in [5.74, 6) is 1.91. The molecule has 0 amide bonds. The summed E-state index contributed by atoms with van der Waals surface area (Å²) in [5.41, 5.74) is 0. The number of nitrogens with zero attached hydrogens (tertiary/aromatic N) is 3. The molecule has 4 heteroatoms. The van der Waals surface area contributed by atoms with Gasteiger partial charge < -0.3 is 5.32 Å². The molecule has 13 heavy (non-hydrogen) atoms. The maximum atomic E-state index is 4.24. The van der Waals surface area contributed by atoms with Crippen LogP contribution in [0.25, 0.3) is 0 Å². The Bertz CT molecular complexity index is 262. The minimum Gasteiger partial charge on any atom is -0.317 e. The fourth-order valence-electron chi connectivity index (χ4n) is 1.85. The third kappa shape index (κ3) is 2.06. The van der Waals surface area contributed by atoms with Crippen LogP contribution in [0, 0.1) is 5.92 Å². The molecule has 72 valence electrons. The molecule has 1 N–H and O–H groups in total. The van der Waals surface area contributed by atoms with Gasteiger partial charge in [0.15, 0.2) is 0 Å². The third-order valence-electron chi connectivity index (χ3n) is 2.74. The van der Waals surface area contributed by atoms with Crippen molar-refractivity contribution in [2.75, 3.05) is 13.1 Å². The number of piperidine rings is 1. The van der Waals surface area contributed by atoms with Crippen LogP contribution in [0.4, 0.5) is 0 Å². The molecule has 0 aliphatic carbocycles. The quantitative estimate of drug-likeness (QED) is 0.714. The second kappa shape index (κ2) is 3.87. The van der Waals surface area contributed by atoms with Crippen LogP contribution in [0.3, 0.4) is 0 Å². The Morgan fingerprint density at radius 3 is 2.92 bits per heavy atom. The van der Waals surface area contributed by atoms with E-state index in [4.69, 9.17) is 0 Å². The Kier molecular flexibility index (Phi) is 2.59. The summed E-state index contributed by atoms with van der Waals surface area (Å²) in [5, 5.41) is 7.44. The maximum absolute atomic E-state index is 4.24. The first-order valence-electron chi connectivity index (χ1n) is 4.90. The van der Waals surface area contributed by atoms with Crippen LogP contribution in [-0.4, -0.2) is 27.9 Å². The zero-order valence-corrected chi connectivity index (χ0v) is 8.03. The summed E-state index contributed by atoms with van der Waals surface area (Å²) in [6.45, 7) is 2.31. The van der Waals surface area contributed by atoms with Gasteiger partial charge in [0, 0.05) is 13.5 Å². The molecule has 0 unspecified atom stereocenters. The largest absolute Gasteiger partial charge is 0.317 e. The Balaban J connectivity index is 1.93. The molecule has 1 aromatic rings. The van der Waals surface area contributed by atoms with Gasteiger partial charge in [0.1, 0.15) is 12.2 Å². The van der Waals surface area contributed by atoms with Crippen molar-refractivity contribution in [3.05, 3.63) is 12.2 Å². The zero-order valence-electron chi connectivity index (χ0n) is 8.03. The fraction of sp³-hybridized carbons (Fsp3) is 0.778. The van der Waals surface area contributed by atoms with Crippen LogP contribution in [0.5, 0.6) is 0 Å². The first kappa shape index (κ1) is 8.69. The van der Waals surface area contributed by atoms with E-state index in [0.717, 1.165) is 31.3 Å². The summed E-state index contributed by atoms with van der Waals surface area (Å²) >= 11 is 0. The van der Waals surface area contributed by atoms with Gasteiger partial charge in [-0.15, -0.1) is 0 Å². The fourth-order valence-corrected chi connectivity index (χ4v) is 1.85. The molecule has 1 saturated heterocycles. The number of rotatable bonds is 2. The monoisotopic (exact) mass is 180 g/mol. The van der Waals surface area contributed by atoms with Crippen LogP contribution in [0.2, 0.25) is 0 Å². The highest BCUT2D eigenvalue weighted by Crippen LogP contribution is 2.15. The van der Waals surface area contributed by atoms with Crippen molar-refractivity contribution in [2.45, 2.75) is 19.3 Å². The summed E-state index contributed by atoms with van der Waals surface area (Å²) < 4.78 is 1.88. The molecule has 1 aliphatic rings. The number of aromatic nitrogens is 3. The first-order chi connectivity index (χ1) is 6.36. The van der Waals surface area contributed by atoms with E-state index >= 15 is 0 Å². The van der Waals surface area contributed by atoms with Gasteiger partial charge in [-0.2, -0.15) is 5.10 Å². The van der Waals surface area contributed by atoms with Crippen molar-refractivity contribution in [3.63, 3.8) is 0 Å². The first-order valence-corrected chi connectivity index (χ1v) is 4.90. The summed E-state index contributed by atoms with van der Waals surface area (Å²) in [7, 11) is 1.96. The molecule has 1 fully saturated rings. The van der Waals surface area contributed by atoms with Crippen LogP contribution in [-0.2, 0) is 13.5 Å². The van der Waals surface area contributed by atoms with Gasteiger partial charge in [-0.1, -0.05) is 0 Å². The van der Waals surface area contributed by atoms with Crippen molar-refractivity contribution in [1.82, 2.24) is 20.1 Å². The van der Waals surface area contributed by atoms with Gasteiger partial charge in [-0.05, 0) is 31.8 Å². The summed E-state index contributed by atoms with van der Waals surface area (Å²) in [6.07, 6.45) is 5.26. The predicted octanol–water partition coefficient (Wildman–Crippen LogP) is 0.357. The molecule has 0 saturated carbocycles. The van der Waals surface area contributed by atoms with Gasteiger partial charge in [-0.3, -0.25) is 4.68 Å². The topological polar surface area (TPSA) is 42.7 Å². The lowest BCUT2D eigenvalue weighted by Crippen LogP contribution is -2.29. The van der Waals surface area contributed by atoms with Crippen molar-refractivity contribution >= 4 is 0 Å². The van der Waals surface area contributed by atoms with E-state index in [1.54, 1.807) is 6.33 Å². The van der Waals surface area contributed by atoms with Crippen LogP contribution in [0.1, 0.15) is 18.7 Å². The van der Waals surface area contributed by atoms with Gasteiger partial charge in [0.2, 0.25) is 0 Å². The zero-order chi connectivity index (χ0) is 9.10. The Hall–Kier alpha value is -0.900. The highest BCUT2D eigenvalue weighted by molar-refractivity contribution is 4.87. The molecular formula is C9H16N4. The number of hydrogen-bond acceptors (Lipinski definition) is 3. The second-order valence-electron chi connectivity index (χ2n) is 3.70. The van der Waals surface area contributed by atoms with Crippen LogP contribution < -0.4 is 5.32 Å². The standard InChI is InChI=1S/C9H16N4/c1-13-9(11-7-12-13)6-8-2-4-10-5-3-8/h7-8,10H,2-6H2,1H3. The Morgan fingerprint density at radius 2 is 2.31 bits per heavy atom. The molecule has 0 atom stereocenters. The van der Waals surface area contributed by atoms with E-state index < -0.39 is 0 Å². The lowest BCUT2D eigenvalue weighted by Gasteiger charge is -2.21. The van der Waals surface area contributed by atoms with Crippen molar-refractivity contribution in [3.8, 4) is 0 Å².